The molecule has 0 fully saturated rings. The number of carbonyl (C=O) groups is 2. The summed E-state index contributed by atoms with van der Waals surface area (Å²) in [5, 5.41) is 3.05. The topological polar surface area (TPSA) is 127 Å². The monoisotopic (exact) mass is 386 g/mol. The van der Waals surface area contributed by atoms with Crippen molar-refractivity contribution in [1.29, 1.82) is 0 Å². The number of fused-ring (bicyclic) bond motifs is 1. The van der Waals surface area contributed by atoms with Gasteiger partial charge in [-0.05, 0) is 43.3 Å². The summed E-state index contributed by atoms with van der Waals surface area (Å²) in [5.41, 5.74) is 5.24. The lowest BCUT2D eigenvalue weighted by Crippen LogP contribution is -2.34. The number of carbonyl (C=O) groups excluding carboxylic acids is 2. The molecule has 0 aliphatic carbocycles. The zero-order chi connectivity index (χ0) is 19.7. The Hall–Kier alpha value is -3.39. The van der Waals surface area contributed by atoms with Crippen molar-refractivity contribution >= 4 is 40.0 Å². The van der Waals surface area contributed by atoms with Gasteiger partial charge in [0.15, 0.2) is 0 Å². The van der Waals surface area contributed by atoms with Crippen molar-refractivity contribution in [3.8, 4) is 0 Å². The van der Waals surface area contributed by atoms with Crippen LogP contribution in [0.2, 0.25) is 5.02 Å². The van der Waals surface area contributed by atoms with Crippen LogP contribution in [0.1, 0.15) is 27.6 Å². The van der Waals surface area contributed by atoms with Crippen molar-refractivity contribution in [2.45, 2.75) is 13.5 Å². The summed E-state index contributed by atoms with van der Waals surface area (Å²) in [6.07, 6.45) is 0. The number of nitrogens with two attached hydrogens (primary N) is 1. The first-order valence-corrected chi connectivity index (χ1v) is 8.37. The molecule has 0 saturated carbocycles. The van der Waals surface area contributed by atoms with Crippen LogP contribution in [0.15, 0.2) is 46.0 Å². The zero-order valence-corrected chi connectivity index (χ0v) is 15.0. The van der Waals surface area contributed by atoms with Gasteiger partial charge in [-0.1, -0.05) is 11.6 Å². The van der Waals surface area contributed by atoms with Gasteiger partial charge in [0.05, 0.1) is 21.5 Å². The van der Waals surface area contributed by atoms with Crippen LogP contribution in [0.25, 0.3) is 10.9 Å². The molecular formula is C18H15ClN4O4. The Labute approximate surface area is 157 Å². The molecule has 3 rings (SSSR count). The van der Waals surface area contributed by atoms with E-state index in [1.54, 1.807) is 6.92 Å². The lowest BCUT2D eigenvalue weighted by Gasteiger charge is -2.09. The molecule has 138 valence electrons. The van der Waals surface area contributed by atoms with Gasteiger partial charge >= 0.3 is 5.69 Å². The Bertz CT molecular complexity index is 1200. The van der Waals surface area contributed by atoms with Crippen LogP contribution in [0, 0.1) is 0 Å². The minimum absolute atomic E-state index is 0.114. The van der Waals surface area contributed by atoms with Crippen LogP contribution in [-0.2, 0) is 6.54 Å². The van der Waals surface area contributed by atoms with Gasteiger partial charge in [-0.15, -0.1) is 0 Å². The lowest BCUT2D eigenvalue weighted by molar-refractivity contribution is 0.0998. The maximum atomic E-state index is 12.5. The van der Waals surface area contributed by atoms with Crippen LogP contribution < -0.4 is 22.3 Å². The molecule has 4 N–H and O–H groups in total. The summed E-state index contributed by atoms with van der Waals surface area (Å²) in [4.78, 5) is 50.5. The average Bonchev–Trinajstić information content (AvgIpc) is 2.61. The molecule has 3 aromatic rings. The second-order valence-corrected chi connectivity index (χ2v) is 6.16. The predicted octanol–water partition coefficient (Wildman–Crippen LogP) is 1.71. The highest BCUT2D eigenvalue weighted by Crippen LogP contribution is 2.21. The standard InChI is InChI=1S/C18H15ClN4O4/c1-2-23-17(26)12-5-3-9(7-14(12)22-18(23)27)16(25)21-10-4-6-11(15(20)24)13(19)8-10/h3-8H,2H2,1H3,(H2,20,24)(H,21,25)(H,22,27). The average molecular weight is 387 g/mol. The lowest BCUT2D eigenvalue weighted by atomic mass is 10.1. The van der Waals surface area contributed by atoms with E-state index in [1.807, 2.05) is 0 Å². The number of rotatable bonds is 4. The number of benzene rings is 2. The van der Waals surface area contributed by atoms with E-state index >= 15 is 0 Å². The third-order valence-corrected chi connectivity index (χ3v) is 4.37. The largest absolute Gasteiger partial charge is 0.366 e. The van der Waals surface area contributed by atoms with E-state index in [9.17, 15) is 19.2 Å². The summed E-state index contributed by atoms with van der Waals surface area (Å²) in [6, 6.07) is 8.70. The molecule has 27 heavy (non-hydrogen) atoms. The van der Waals surface area contributed by atoms with Gasteiger partial charge in [-0.2, -0.15) is 0 Å². The first kappa shape index (κ1) is 18.4. The third-order valence-electron chi connectivity index (χ3n) is 4.05. The summed E-state index contributed by atoms with van der Waals surface area (Å²) < 4.78 is 1.07. The minimum atomic E-state index is -0.672. The first-order valence-electron chi connectivity index (χ1n) is 7.99. The maximum absolute atomic E-state index is 12.5. The number of amides is 2. The Morgan fingerprint density at radius 1 is 1.19 bits per heavy atom. The molecule has 9 heteroatoms. The Kier molecular flexibility index (Phi) is 4.83. The zero-order valence-electron chi connectivity index (χ0n) is 14.2. The fourth-order valence-corrected chi connectivity index (χ4v) is 2.95. The van der Waals surface area contributed by atoms with Crippen LogP contribution >= 0.6 is 11.6 Å². The summed E-state index contributed by atoms with van der Waals surface area (Å²) in [7, 11) is 0. The molecule has 1 aromatic heterocycles. The third kappa shape index (κ3) is 3.47. The number of hydrogen-bond acceptors (Lipinski definition) is 4. The second-order valence-electron chi connectivity index (χ2n) is 5.75. The van der Waals surface area contributed by atoms with Gasteiger partial charge in [0, 0.05) is 17.8 Å². The summed E-state index contributed by atoms with van der Waals surface area (Å²) in [6.45, 7) is 1.94. The van der Waals surface area contributed by atoms with Gasteiger partial charge in [0.2, 0.25) is 5.91 Å². The number of H-pyrrole nitrogens is 1. The highest BCUT2D eigenvalue weighted by Gasteiger charge is 2.13. The fraction of sp³-hybridized carbons (Fsp3) is 0.111. The fourth-order valence-electron chi connectivity index (χ4n) is 2.68. The Morgan fingerprint density at radius 2 is 1.93 bits per heavy atom. The van der Waals surface area contributed by atoms with E-state index in [4.69, 9.17) is 17.3 Å². The van der Waals surface area contributed by atoms with E-state index in [0.717, 1.165) is 4.57 Å². The normalized spacial score (nSPS) is 10.7. The quantitative estimate of drug-likeness (QED) is 0.630. The SMILES string of the molecule is CCn1c(=O)[nH]c2cc(C(=O)Nc3ccc(C(N)=O)c(Cl)c3)ccc2c1=O. The molecule has 0 aliphatic rings. The highest BCUT2D eigenvalue weighted by atomic mass is 35.5. The Morgan fingerprint density at radius 3 is 2.56 bits per heavy atom. The van der Waals surface area contributed by atoms with Crippen LogP contribution in [0.3, 0.4) is 0 Å². The molecular weight excluding hydrogens is 372 g/mol. The number of nitrogens with zero attached hydrogens (tertiary/aromatic N) is 1. The molecule has 0 bridgehead atoms. The van der Waals surface area contributed by atoms with Crippen molar-refractivity contribution in [3.05, 3.63) is 73.4 Å². The first-order chi connectivity index (χ1) is 12.8. The number of halogens is 1. The summed E-state index contributed by atoms with van der Waals surface area (Å²) >= 11 is 5.97. The van der Waals surface area contributed by atoms with Crippen molar-refractivity contribution in [3.63, 3.8) is 0 Å². The van der Waals surface area contributed by atoms with E-state index in [2.05, 4.69) is 10.3 Å². The van der Waals surface area contributed by atoms with Gasteiger partial charge in [-0.25, -0.2) is 4.79 Å². The van der Waals surface area contributed by atoms with Gasteiger partial charge in [-0.3, -0.25) is 19.0 Å². The second kappa shape index (κ2) is 7.08. The number of hydrogen-bond donors (Lipinski definition) is 3. The van der Waals surface area contributed by atoms with Crippen LogP contribution in [0.4, 0.5) is 5.69 Å². The number of nitrogens with one attached hydrogen (secondary N) is 2. The number of aromatic amines is 1. The molecule has 0 spiro atoms. The van der Waals surface area contributed by atoms with Crippen LogP contribution in [-0.4, -0.2) is 21.4 Å². The predicted molar refractivity (Wildman–Crippen MR) is 102 cm³/mol. The van der Waals surface area contributed by atoms with Crippen molar-refractivity contribution in [2.24, 2.45) is 5.73 Å². The van der Waals surface area contributed by atoms with Crippen LogP contribution in [0.5, 0.6) is 0 Å². The Balaban J connectivity index is 1.94. The van der Waals surface area contributed by atoms with E-state index in [0.29, 0.717) is 11.1 Å². The molecule has 8 nitrogen and oxygen atoms in total. The number of anilines is 1. The number of primary amides is 1. The molecule has 1 heterocycles. The van der Waals surface area contributed by atoms with Gasteiger partial charge in [0.1, 0.15) is 0 Å². The van der Waals surface area contributed by atoms with Gasteiger partial charge < -0.3 is 16.0 Å². The van der Waals surface area contributed by atoms with E-state index in [-0.39, 0.29) is 28.2 Å². The van der Waals surface area contributed by atoms with E-state index in [1.165, 1.54) is 36.4 Å². The van der Waals surface area contributed by atoms with Gasteiger partial charge in [0.25, 0.3) is 11.5 Å². The van der Waals surface area contributed by atoms with E-state index < -0.39 is 23.1 Å². The molecule has 0 atom stereocenters. The molecule has 2 amide bonds. The molecule has 0 radical (unpaired) electrons. The van der Waals surface area contributed by atoms with Crippen molar-refractivity contribution in [2.75, 3.05) is 5.32 Å². The highest BCUT2D eigenvalue weighted by molar-refractivity contribution is 6.34. The molecule has 2 aromatic carbocycles. The van der Waals surface area contributed by atoms with Crippen molar-refractivity contribution in [1.82, 2.24) is 9.55 Å². The smallest absolute Gasteiger partial charge is 0.328 e. The minimum Gasteiger partial charge on any atom is -0.366 e. The molecule has 0 unspecified atom stereocenters. The van der Waals surface area contributed by atoms with Crippen molar-refractivity contribution < 1.29 is 9.59 Å². The molecule has 0 saturated heterocycles. The summed E-state index contributed by atoms with van der Waals surface area (Å²) in [5.74, 6) is -1.14. The number of aromatic nitrogens is 2. The maximum Gasteiger partial charge on any atom is 0.328 e. The molecule has 0 aliphatic heterocycles.